The second kappa shape index (κ2) is 8.00. The fourth-order valence-corrected chi connectivity index (χ4v) is 3.01. The number of hydrogen-bond donors (Lipinski definition) is 2. The summed E-state index contributed by atoms with van der Waals surface area (Å²) in [6, 6.07) is 7.31. The molecule has 1 aromatic heterocycles. The maximum Gasteiger partial charge on any atom is 0.329 e. The number of aryl methyl sites for hydroxylation is 1. The van der Waals surface area contributed by atoms with Gasteiger partial charge in [-0.2, -0.15) is 0 Å². The summed E-state index contributed by atoms with van der Waals surface area (Å²) in [6.45, 7) is 6.22. The van der Waals surface area contributed by atoms with Gasteiger partial charge in [-0.1, -0.05) is 26.0 Å². The molecule has 25 heavy (non-hydrogen) atoms. The summed E-state index contributed by atoms with van der Waals surface area (Å²) in [4.78, 5) is 36.0. The molecular weight excluding hydrogens is 322 g/mol. The molecule has 2 N–H and O–H groups in total. The lowest BCUT2D eigenvalue weighted by atomic mass is 9.97. The molecule has 0 spiro atoms. The lowest BCUT2D eigenvalue weighted by Gasteiger charge is -2.15. The van der Waals surface area contributed by atoms with Crippen molar-refractivity contribution in [2.24, 2.45) is 11.8 Å². The third-order valence-corrected chi connectivity index (χ3v) is 4.19. The predicted molar refractivity (Wildman–Crippen MR) is 95.5 cm³/mol. The first-order valence-electron chi connectivity index (χ1n) is 8.52. The number of hydrogen-bond acceptors (Lipinski definition) is 3. The Hall–Kier alpha value is -2.57. The molecular formula is C18H25N3O4. The van der Waals surface area contributed by atoms with Gasteiger partial charge in [0.05, 0.1) is 17.0 Å². The van der Waals surface area contributed by atoms with Gasteiger partial charge in [-0.15, -0.1) is 0 Å². The zero-order valence-corrected chi connectivity index (χ0v) is 14.9. The van der Waals surface area contributed by atoms with Crippen LogP contribution in [0.4, 0.5) is 0 Å². The van der Waals surface area contributed by atoms with E-state index in [1.54, 1.807) is 10.6 Å². The number of nitrogens with one attached hydrogen (secondary N) is 1. The van der Waals surface area contributed by atoms with Gasteiger partial charge in [0.15, 0.2) is 0 Å². The van der Waals surface area contributed by atoms with Gasteiger partial charge in [0.2, 0.25) is 5.91 Å². The first kappa shape index (κ1) is 18.8. The summed E-state index contributed by atoms with van der Waals surface area (Å²) in [5.74, 6) is -1.69. The van der Waals surface area contributed by atoms with E-state index >= 15 is 0 Å². The normalized spacial score (nSPS) is 12.5. The van der Waals surface area contributed by atoms with Crippen LogP contribution in [0.25, 0.3) is 11.0 Å². The second-order valence-corrected chi connectivity index (χ2v) is 6.57. The number of rotatable bonds is 8. The Morgan fingerprint density at radius 2 is 1.76 bits per heavy atom. The highest BCUT2D eigenvalue weighted by molar-refractivity contribution is 5.81. The monoisotopic (exact) mass is 347 g/mol. The van der Waals surface area contributed by atoms with Crippen LogP contribution in [0.15, 0.2) is 29.1 Å². The van der Waals surface area contributed by atoms with Gasteiger partial charge >= 0.3 is 11.7 Å². The number of aromatic nitrogens is 2. The molecule has 0 saturated carbocycles. The summed E-state index contributed by atoms with van der Waals surface area (Å²) >= 11 is 0. The summed E-state index contributed by atoms with van der Waals surface area (Å²) in [6.07, 6.45) is 0.491. The number of imidazole rings is 1. The zero-order chi connectivity index (χ0) is 18.6. The number of amides is 1. The molecule has 0 bridgehead atoms. The molecule has 0 saturated heterocycles. The molecule has 0 fully saturated rings. The minimum atomic E-state index is -0.922. The Morgan fingerprint density at radius 1 is 1.16 bits per heavy atom. The number of para-hydroxylation sites is 2. The Balaban J connectivity index is 2.13. The van der Waals surface area contributed by atoms with Gasteiger partial charge in [0, 0.05) is 13.1 Å². The summed E-state index contributed by atoms with van der Waals surface area (Å²) in [5.41, 5.74) is 1.24. The summed E-state index contributed by atoms with van der Waals surface area (Å²) in [5, 5.41) is 11.9. The fraction of sp³-hybridized carbons (Fsp3) is 0.500. The third-order valence-electron chi connectivity index (χ3n) is 4.19. The molecule has 136 valence electrons. The van der Waals surface area contributed by atoms with Crippen LogP contribution >= 0.6 is 0 Å². The van der Waals surface area contributed by atoms with E-state index in [0.29, 0.717) is 18.5 Å². The number of carboxylic acid groups (broad SMARTS) is 1. The van der Waals surface area contributed by atoms with Gasteiger partial charge in [-0.3, -0.25) is 18.7 Å². The molecule has 1 heterocycles. The van der Waals surface area contributed by atoms with Crippen LogP contribution in [0.1, 0.15) is 27.2 Å². The molecule has 0 aliphatic carbocycles. The molecule has 2 aromatic rings. The molecule has 7 nitrogen and oxygen atoms in total. The van der Waals surface area contributed by atoms with E-state index in [1.165, 1.54) is 4.57 Å². The quantitative estimate of drug-likeness (QED) is 0.760. The fourth-order valence-electron chi connectivity index (χ4n) is 3.01. The van der Waals surface area contributed by atoms with E-state index in [4.69, 9.17) is 0 Å². The van der Waals surface area contributed by atoms with E-state index in [2.05, 4.69) is 5.32 Å². The highest BCUT2D eigenvalue weighted by Crippen LogP contribution is 2.13. The topological polar surface area (TPSA) is 93.3 Å². The van der Waals surface area contributed by atoms with Gasteiger partial charge < -0.3 is 10.4 Å². The van der Waals surface area contributed by atoms with Crippen molar-refractivity contribution < 1.29 is 14.7 Å². The van der Waals surface area contributed by atoms with Crippen molar-refractivity contribution in [2.45, 2.75) is 40.3 Å². The van der Waals surface area contributed by atoms with E-state index in [0.717, 1.165) is 5.52 Å². The number of benzene rings is 1. The van der Waals surface area contributed by atoms with Crippen molar-refractivity contribution in [3.8, 4) is 0 Å². The summed E-state index contributed by atoms with van der Waals surface area (Å²) in [7, 11) is 0. The van der Waals surface area contributed by atoms with Crippen LogP contribution in [0, 0.1) is 11.8 Å². The smallest absolute Gasteiger partial charge is 0.329 e. The lowest BCUT2D eigenvalue weighted by molar-refractivity contribution is -0.142. The predicted octanol–water partition coefficient (Wildman–Crippen LogP) is 1.69. The molecule has 1 amide bonds. The van der Waals surface area contributed by atoms with Crippen molar-refractivity contribution in [2.75, 3.05) is 6.54 Å². The number of carbonyl (C=O) groups is 2. The first-order chi connectivity index (χ1) is 11.8. The highest BCUT2D eigenvalue weighted by atomic mass is 16.4. The Bertz CT molecular complexity index is 819. The van der Waals surface area contributed by atoms with Crippen LogP contribution in [-0.2, 0) is 22.7 Å². The van der Waals surface area contributed by atoms with E-state index in [-0.39, 0.29) is 30.6 Å². The molecule has 0 radical (unpaired) electrons. The number of nitrogens with zero attached hydrogens (tertiary/aromatic N) is 2. The van der Waals surface area contributed by atoms with Crippen LogP contribution in [-0.4, -0.2) is 32.7 Å². The largest absolute Gasteiger partial charge is 0.481 e. The second-order valence-electron chi connectivity index (χ2n) is 6.57. The number of aliphatic carboxylic acids is 1. The van der Waals surface area contributed by atoms with Crippen LogP contribution in [0.5, 0.6) is 0 Å². The number of carboxylic acids is 1. The maximum absolute atomic E-state index is 12.5. The van der Waals surface area contributed by atoms with Gasteiger partial charge in [0.1, 0.15) is 6.54 Å². The van der Waals surface area contributed by atoms with Crippen molar-refractivity contribution in [3.05, 3.63) is 34.7 Å². The highest BCUT2D eigenvalue weighted by Gasteiger charge is 2.20. The third kappa shape index (κ3) is 4.29. The van der Waals surface area contributed by atoms with Crippen molar-refractivity contribution in [1.29, 1.82) is 0 Å². The van der Waals surface area contributed by atoms with Crippen molar-refractivity contribution in [3.63, 3.8) is 0 Å². The Kier molecular flexibility index (Phi) is 6.01. The minimum Gasteiger partial charge on any atom is -0.481 e. The summed E-state index contributed by atoms with van der Waals surface area (Å²) < 4.78 is 3.04. The van der Waals surface area contributed by atoms with Crippen LogP contribution in [0.3, 0.4) is 0 Å². The number of carbonyl (C=O) groups excluding carboxylic acids is 1. The molecule has 1 unspecified atom stereocenters. The maximum atomic E-state index is 12.5. The molecule has 1 atom stereocenters. The lowest BCUT2D eigenvalue weighted by Crippen LogP contribution is -2.37. The SMILES string of the molecule is CCn1c(=O)n(CC(=O)NCC(CC(C)C)C(=O)O)c2ccccc21. The van der Waals surface area contributed by atoms with Gasteiger partial charge in [-0.05, 0) is 31.4 Å². The standard InChI is InChI=1S/C18H25N3O4/c1-4-20-14-7-5-6-8-15(14)21(18(20)25)11-16(22)19-10-13(17(23)24)9-12(2)3/h5-8,12-13H,4,9-11H2,1-3H3,(H,19,22)(H,23,24). The Labute approximate surface area is 146 Å². The van der Waals surface area contributed by atoms with E-state index in [9.17, 15) is 19.5 Å². The van der Waals surface area contributed by atoms with Crippen LogP contribution < -0.4 is 11.0 Å². The average molecular weight is 347 g/mol. The zero-order valence-electron chi connectivity index (χ0n) is 14.9. The number of fused-ring (bicyclic) bond motifs is 1. The van der Waals surface area contributed by atoms with Gasteiger partial charge in [0.25, 0.3) is 0 Å². The minimum absolute atomic E-state index is 0.0630. The van der Waals surface area contributed by atoms with Crippen LogP contribution in [0.2, 0.25) is 0 Å². The molecule has 0 aliphatic rings. The molecule has 2 rings (SSSR count). The van der Waals surface area contributed by atoms with Crippen molar-refractivity contribution in [1.82, 2.24) is 14.5 Å². The average Bonchev–Trinajstić information content (AvgIpc) is 2.82. The van der Waals surface area contributed by atoms with Crippen molar-refractivity contribution >= 4 is 22.9 Å². The molecule has 1 aromatic carbocycles. The van der Waals surface area contributed by atoms with Gasteiger partial charge in [-0.25, -0.2) is 4.79 Å². The Morgan fingerprint density at radius 3 is 2.28 bits per heavy atom. The first-order valence-corrected chi connectivity index (χ1v) is 8.52. The molecule has 7 heteroatoms. The van der Waals surface area contributed by atoms with E-state index < -0.39 is 11.9 Å². The molecule has 0 aliphatic heterocycles. The van der Waals surface area contributed by atoms with E-state index in [1.807, 2.05) is 39.0 Å².